The zero-order valence-corrected chi connectivity index (χ0v) is 16.5. The molecule has 4 heterocycles. The molecule has 0 radical (unpaired) electrons. The van der Waals surface area contributed by atoms with E-state index >= 15 is 0 Å². The van der Waals surface area contributed by atoms with Crippen molar-refractivity contribution in [2.45, 2.75) is 6.92 Å². The Balaban J connectivity index is 2.06. The van der Waals surface area contributed by atoms with Crippen LogP contribution in [0.25, 0.3) is 59.1 Å². The summed E-state index contributed by atoms with van der Waals surface area (Å²) >= 11 is 1.83. The Bertz CT molecular complexity index is 1720. The minimum absolute atomic E-state index is 1.29. The average Bonchev–Trinajstić information content (AvgIpc) is 3.31. The van der Waals surface area contributed by atoms with Gasteiger partial charge in [0.15, 0.2) is 6.20 Å². The van der Waals surface area contributed by atoms with Crippen LogP contribution in [0.4, 0.5) is 0 Å². The standard InChI is InChI=1S/C25H17N2S/c1-14-7-8-15-13-20-18(10-12-28-20)23-22(15)21(14)25-24-17(9-11-26(25)2)16-5-3-4-6-19(16)27(23)24/h3-13H,1-2H3/q+1. The molecule has 0 bridgehead atoms. The molecule has 0 atom stereocenters. The van der Waals surface area contributed by atoms with Gasteiger partial charge in [0.25, 0.3) is 0 Å². The number of pyridine rings is 2. The van der Waals surface area contributed by atoms with Crippen molar-refractivity contribution in [3.05, 3.63) is 71.7 Å². The summed E-state index contributed by atoms with van der Waals surface area (Å²) < 4.78 is 6.16. The van der Waals surface area contributed by atoms with Gasteiger partial charge in [0.2, 0.25) is 5.52 Å². The largest absolute Gasteiger partial charge is 0.302 e. The van der Waals surface area contributed by atoms with Crippen LogP contribution < -0.4 is 4.57 Å². The number of thiophene rings is 1. The fourth-order valence-corrected chi connectivity index (χ4v) is 6.00. The monoisotopic (exact) mass is 377 g/mol. The molecule has 0 aliphatic rings. The van der Waals surface area contributed by atoms with E-state index < -0.39 is 0 Å². The number of nitrogens with zero attached hydrogens (tertiary/aromatic N) is 2. The number of hydrogen-bond acceptors (Lipinski definition) is 1. The van der Waals surface area contributed by atoms with Crippen molar-refractivity contribution in [2.75, 3.05) is 0 Å². The molecular weight excluding hydrogens is 360 g/mol. The maximum Gasteiger partial charge on any atom is 0.238 e. The average molecular weight is 377 g/mol. The van der Waals surface area contributed by atoms with Crippen molar-refractivity contribution in [2.24, 2.45) is 7.05 Å². The molecule has 0 aliphatic heterocycles. The van der Waals surface area contributed by atoms with Gasteiger partial charge in [-0.2, -0.15) is 4.57 Å². The molecule has 0 N–H and O–H groups in total. The molecule has 0 unspecified atom stereocenters. The van der Waals surface area contributed by atoms with Crippen LogP contribution in [0.1, 0.15) is 5.56 Å². The SMILES string of the molecule is Cc1ccc2cc3sccc3c3c2c1c1c2c(cc[n+]1C)c1ccccc1n32. The molecule has 4 aromatic heterocycles. The summed E-state index contributed by atoms with van der Waals surface area (Å²) in [6.07, 6.45) is 2.21. The number of aromatic nitrogens is 2. The maximum atomic E-state index is 2.52. The molecule has 28 heavy (non-hydrogen) atoms. The van der Waals surface area contributed by atoms with Crippen LogP contribution in [0.15, 0.2) is 66.2 Å². The lowest BCUT2D eigenvalue weighted by molar-refractivity contribution is -0.644. The highest BCUT2D eigenvalue weighted by molar-refractivity contribution is 7.17. The Morgan fingerprint density at radius 3 is 2.68 bits per heavy atom. The molecule has 0 amide bonds. The molecule has 0 aliphatic carbocycles. The molecule has 3 heteroatoms. The third-order valence-corrected chi connectivity index (χ3v) is 7.20. The van der Waals surface area contributed by atoms with Gasteiger partial charge >= 0.3 is 0 Å². The van der Waals surface area contributed by atoms with Crippen molar-refractivity contribution in [1.82, 2.24) is 4.40 Å². The molecule has 3 aromatic carbocycles. The predicted octanol–water partition coefficient (Wildman–Crippen LogP) is 6.34. The van der Waals surface area contributed by atoms with Crippen molar-refractivity contribution in [3.63, 3.8) is 0 Å². The lowest BCUT2D eigenvalue weighted by Crippen LogP contribution is -2.28. The van der Waals surface area contributed by atoms with E-state index in [1.807, 2.05) is 11.3 Å². The van der Waals surface area contributed by atoms with Gasteiger partial charge in [-0.15, -0.1) is 11.3 Å². The molecule has 7 rings (SSSR count). The molecule has 132 valence electrons. The summed E-state index contributed by atoms with van der Waals surface area (Å²) in [7, 11) is 2.17. The lowest BCUT2D eigenvalue weighted by atomic mass is 9.96. The molecular formula is C25H17N2S+. The summed E-state index contributed by atoms with van der Waals surface area (Å²) in [5.74, 6) is 0. The van der Waals surface area contributed by atoms with Crippen molar-refractivity contribution in [1.29, 1.82) is 0 Å². The van der Waals surface area contributed by atoms with Gasteiger partial charge in [-0.1, -0.05) is 30.3 Å². The summed E-state index contributed by atoms with van der Waals surface area (Å²) in [5, 5.41) is 10.3. The number of aryl methyl sites for hydroxylation is 2. The van der Waals surface area contributed by atoms with E-state index in [0.717, 1.165) is 0 Å². The lowest BCUT2D eigenvalue weighted by Gasteiger charge is -2.14. The zero-order valence-electron chi connectivity index (χ0n) is 15.7. The Kier molecular flexibility index (Phi) is 2.55. The Morgan fingerprint density at radius 2 is 1.75 bits per heavy atom. The number of para-hydroxylation sites is 1. The van der Waals surface area contributed by atoms with E-state index in [1.54, 1.807) is 0 Å². The third-order valence-electron chi connectivity index (χ3n) is 6.34. The van der Waals surface area contributed by atoms with E-state index in [4.69, 9.17) is 0 Å². The Hall–Kier alpha value is -3.17. The Labute approximate surface area is 165 Å². The smallest absolute Gasteiger partial charge is 0.238 e. The van der Waals surface area contributed by atoms with Gasteiger partial charge in [-0.3, -0.25) is 0 Å². The highest BCUT2D eigenvalue weighted by Gasteiger charge is 2.25. The van der Waals surface area contributed by atoms with Gasteiger partial charge in [0.05, 0.1) is 16.4 Å². The molecule has 2 nitrogen and oxygen atoms in total. The van der Waals surface area contributed by atoms with Gasteiger partial charge < -0.3 is 4.40 Å². The van der Waals surface area contributed by atoms with Gasteiger partial charge in [0.1, 0.15) is 12.6 Å². The molecule has 7 aromatic rings. The first-order chi connectivity index (χ1) is 13.7. The van der Waals surface area contributed by atoms with Crippen LogP contribution in [0.5, 0.6) is 0 Å². The highest BCUT2D eigenvalue weighted by atomic mass is 32.1. The summed E-state index contributed by atoms with van der Waals surface area (Å²) in [5.41, 5.74) is 6.62. The van der Waals surface area contributed by atoms with Crippen LogP contribution in [0.3, 0.4) is 0 Å². The van der Waals surface area contributed by atoms with Crippen LogP contribution >= 0.6 is 11.3 Å². The second-order valence-corrected chi connectivity index (χ2v) is 8.75. The predicted molar refractivity (Wildman–Crippen MR) is 120 cm³/mol. The van der Waals surface area contributed by atoms with E-state index in [9.17, 15) is 0 Å². The van der Waals surface area contributed by atoms with Gasteiger partial charge in [-0.05, 0) is 41.5 Å². The third kappa shape index (κ3) is 1.55. The summed E-state index contributed by atoms with van der Waals surface area (Å²) in [4.78, 5) is 0. The minimum atomic E-state index is 1.29. The second kappa shape index (κ2) is 4.81. The normalized spacial score (nSPS) is 12.6. The van der Waals surface area contributed by atoms with Crippen LogP contribution in [-0.2, 0) is 7.05 Å². The molecule has 0 spiro atoms. The van der Waals surface area contributed by atoms with E-state index in [2.05, 4.69) is 89.1 Å². The number of benzene rings is 3. The molecule has 0 saturated carbocycles. The van der Waals surface area contributed by atoms with Crippen molar-refractivity contribution < 1.29 is 4.57 Å². The quantitative estimate of drug-likeness (QED) is 0.166. The topological polar surface area (TPSA) is 8.29 Å². The number of hydrogen-bond donors (Lipinski definition) is 0. The van der Waals surface area contributed by atoms with Crippen LogP contribution in [0.2, 0.25) is 0 Å². The Morgan fingerprint density at radius 1 is 0.857 bits per heavy atom. The van der Waals surface area contributed by atoms with Gasteiger partial charge in [0, 0.05) is 32.3 Å². The second-order valence-electron chi connectivity index (χ2n) is 7.80. The summed E-state index contributed by atoms with van der Waals surface area (Å²) in [6.45, 7) is 2.24. The van der Waals surface area contributed by atoms with E-state index in [0.29, 0.717) is 0 Å². The highest BCUT2D eigenvalue weighted by Crippen LogP contribution is 2.43. The number of fused-ring (bicyclic) bond motifs is 7. The first kappa shape index (κ1) is 14.8. The number of rotatable bonds is 0. The molecule has 0 fully saturated rings. The maximum absolute atomic E-state index is 2.52. The van der Waals surface area contributed by atoms with Gasteiger partial charge in [-0.25, -0.2) is 0 Å². The fourth-order valence-electron chi connectivity index (χ4n) is 5.16. The first-order valence-corrected chi connectivity index (χ1v) is 10.5. The first-order valence-electron chi connectivity index (χ1n) is 9.60. The zero-order chi connectivity index (χ0) is 18.6. The van der Waals surface area contributed by atoms with Crippen LogP contribution in [0, 0.1) is 6.92 Å². The van der Waals surface area contributed by atoms with Crippen LogP contribution in [-0.4, -0.2) is 4.40 Å². The van der Waals surface area contributed by atoms with E-state index in [-0.39, 0.29) is 0 Å². The molecule has 0 saturated heterocycles. The minimum Gasteiger partial charge on any atom is -0.302 e. The summed E-state index contributed by atoms with van der Waals surface area (Å²) in [6, 6.07) is 20.3. The van der Waals surface area contributed by atoms with E-state index in [1.165, 1.54) is 64.6 Å². The van der Waals surface area contributed by atoms with Crippen molar-refractivity contribution in [3.8, 4) is 0 Å². The fraction of sp³-hybridized carbons (Fsp3) is 0.0800. The van der Waals surface area contributed by atoms with Crippen molar-refractivity contribution >= 4 is 70.4 Å².